The zero-order chi connectivity index (χ0) is 14.8. The number of hydrogen-bond donors (Lipinski definition) is 0. The first-order valence-electron chi connectivity index (χ1n) is 6.32. The van der Waals surface area contributed by atoms with Crippen LogP contribution in [0.3, 0.4) is 0 Å². The number of amides is 1. The van der Waals surface area contributed by atoms with Crippen molar-refractivity contribution in [3.63, 3.8) is 0 Å². The summed E-state index contributed by atoms with van der Waals surface area (Å²) in [7, 11) is 0. The standard InChI is InChI=1S/C13H11F2N3OS2/c14-8-4-10(15)9-2-1-3-18(11(9)5-8)12(19)6-20-13-17-16-7-21-13/h4-5,7H,1-3,6H2. The summed E-state index contributed by atoms with van der Waals surface area (Å²) in [6, 6.07) is 2.09. The lowest BCUT2D eigenvalue weighted by atomic mass is 10.0. The number of hydrogen-bond acceptors (Lipinski definition) is 5. The van der Waals surface area contributed by atoms with E-state index in [9.17, 15) is 13.6 Å². The Balaban J connectivity index is 1.79. The summed E-state index contributed by atoms with van der Waals surface area (Å²) in [6.45, 7) is 0.478. The largest absolute Gasteiger partial charge is 0.311 e. The first kappa shape index (κ1) is 14.4. The van der Waals surface area contributed by atoms with Gasteiger partial charge >= 0.3 is 0 Å². The maximum atomic E-state index is 13.8. The summed E-state index contributed by atoms with van der Waals surface area (Å²) >= 11 is 2.63. The van der Waals surface area contributed by atoms with Crippen molar-refractivity contribution in [3.05, 3.63) is 34.8 Å². The molecule has 8 heteroatoms. The van der Waals surface area contributed by atoms with Crippen LogP contribution in [-0.4, -0.2) is 28.4 Å². The molecule has 0 spiro atoms. The molecule has 2 heterocycles. The van der Waals surface area contributed by atoms with Crippen molar-refractivity contribution in [2.45, 2.75) is 17.2 Å². The van der Waals surface area contributed by atoms with Gasteiger partial charge in [-0.25, -0.2) is 8.78 Å². The van der Waals surface area contributed by atoms with Gasteiger partial charge in [0, 0.05) is 18.2 Å². The average Bonchev–Trinajstić information content (AvgIpc) is 2.97. The van der Waals surface area contributed by atoms with Crippen molar-refractivity contribution in [1.82, 2.24) is 10.2 Å². The van der Waals surface area contributed by atoms with Gasteiger partial charge in [0.1, 0.15) is 17.1 Å². The Bertz CT molecular complexity index is 664. The minimum Gasteiger partial charge on any atom is -0.311 e. The second-order valence-electron chi connectivity index (χ2n) is 4.53. The number of benzene rings is 1. The van der Waals surface area contributed by atoms with Crippen LogP contribution >= 0.6 is 23.1 Å². The van der Waals surface area contributed by atoms with E-state index in [4.69, 9.17) is 0 Å². The Hall–Kier alpha value is -1.54. The molecule has 1 aliphatic rings. The second kappa shape index (κ2) is 6.07. The molecule has 0 unspecified atom stereocenters. The summed E-state index contributed by atoms with van der Waals surface area (Å²) in [6.07, 6.45) is 1.19. The molecule has 3 rings (SSSR count). The van der Waals surface area contributed by atoms with Gasteiger partial charge in [-0.3, -0.25) is 4.79 Å². The second-order valence-corrected chi connectivity index (χ2v) is 6.58. The smallest absolute Gasteiger partial charge is 0.237 e. The zero-order valence-electron chi connectivity index (χ0n) is 10.9. The topological polar surface area (TPSA) is 46.1 Å². The van der Waals surface area contributed by atoms with E-state index in [1.54, 1.807) is 5.51 Å². The van der Waals surface area contributed by atoms with Crippen LogP contribution in [0, 0.1) is 11.6 Å². The number of rotatable bonds is 3. The predicted molar refractivity (Wildman–Crippen MR) is 77.7 cm³/mol. The van der Waals surface area contributed by atoms with Gasteiger partial charge in [-0.05, 0) is 18.9 Å². The molecule has 0 aliphatic carbocycles. The van der Waals surface area contributed by atoms with Crippen molar-refractivity contribution in [2.75, 3.05) is 17.2 Å². The van der Waals surface area contributed by atoms with Gasteiger partial charge in [0.2, 0.25) is 5.91 Å². The number of nitrogens with zero attached hydrogens (tertiary/aromatic N) is 3. The third-order valence-corrected chi connectivity index (χ3v) is 5.04. The average molecular weight is 327 g/mol. The van der Waals surface area contributed by atoms with E-state index in [-0.39, 0.29) is 11.7 Å². The van der Waals surface area contributed by atoms with E-state index < -0.39 is 11.6 Å². The van der Waals surface area contributed by atoms with Crippen LogP contribution in [0.1, 0.15) is 12.0 Å². The number of anilines is 1. The fourth-order valence-corrected chi connectivity index (χ4v) is 3.66. The molecule has 1 amide bonds. The molecule has 0 saturated carbocycles. The zero-order valence-corrected chi connectivity index (χ0v) is 12.5. The Labute approximate surface area is 128 Å². The van der Waals surface area contributed by atoms with Crippen molar-refractivity contribution < 1.29 is 13.6 Å². The highest BCUT2D eigenvalue weighted by molar-refractivity contribution is 8.01. The van der Waals surface area contributed by atoms with Gasteiger partial charge < -0.3 is 4.90 Å². The quantitative estimate of drug-likeness (QED) is 0.813. The van der Waals surface area contributed by atoms with Crippen LogP contribution in [0.15, 0.2) is 22.0 Å². The van der Waals surface area contributed by atoms with E-state index in [1.807, 2.05) is 0 Å². The molecule has 0 saturated heterocycles. The number of fused-ring (bicyclic) bond motifs is 1. The normalized spacial score (nSPS) is 14.1. The van der Waals surface area contributed by atoms with Crippen LogP contribution in [0.4, 0.5) is 14.5 Å². The highest BCUT2D eigenvalue weighted by atomic mass is 32.2. The minimum atomic E-state index is -0.664. The number of carbonyl (C=O) groups is 1. The Morgan fingerprint density at radius 1 is 1.43 bits per heavy atom. The molecular formula is C13H11F2N3OS2. The maximum Gasteiger partial charge on any atom is 0.237 e. The third-order valence-electron chi connectivity index (χ3n) is 3.20. The van der Waals surface area contributed by atoms with Gasteiger partial charge in [0.25, 0.3) is 0 Å². The fraction of sp³-hybridized carbons (Fsp3) is 0.308. The Morgan fingerprint density at radius 2 is 2.29 bits per heavy atom. The SMILES string of the molecule is O=C(CSc1nncs1)N1CCCc2c(F)cc(F)cc21. The van der Waals surface area contributed by atoms with E-state index in [0.717, 1.165) is 6.07 Å². The highest BCUT2D eigenvalue weighted by Gasteiger charge is 2.25. The van der Waals surface area contributed by atoms with E-state index in [2.05, 4.69) is 10.2 Å². The van der Waals surface area contributed by atoms with Gasteiger partial charge in [0.05, 0.1) is 11.4 Å². The summed E-state index contributed by atoms with van der Waals surface area (Å²) in [5, 5.41) is 7.54. The van der Waals surface area contributed by atoms with Gasteiger partial charge in [-0.1, -0.05) is 23.1 Å². The molecule has 0 radical (unpaired) electrons. The number of carbonyl (C=O) groups excluding carboxylic acids is 1. The summed E-state index contributed by atoms with van der Waals surface area (Å²) in [5.74, 6) is -1.25. The Kier molecular flexibility index (Phi) is 4.16. The molecule has 1 aromatic heterocycles. The van der Waals surface area contributed by atoms with Gasteiger partial charge in [-0.2, -0.15) is 0 Å². The number of halogens is 2. The monoisotopic (exact) mass is 327 g/mol. The van der Waals surface area contributed by atoms with Gasteiger partial charge in [-0.15, -0.1) is 10.2 Å². The molecule has 0 bridgehead atoms. The van der Waals surface area contributed by atoms with E-state index in [1.165, 1.54) is 34.1 Å². The first-order valence-corrected chi connectivity index (χ1v) is 8.19. The van der Waals surface area contributed by atoms with Crippen molar-refractivity contribution in [3.8, 4) is 0 Å². The molecule has 0 N–H and O–H groups in total. The first-order chi connectivity index (χ1) is 10.1. The van der Waals surface area contributed by atoms with Crippen LogP contribution in [0.5, 0.6) is 0 Å². The molecule has 110 valence electrons. The minimum absolute atomic E-state index is 0.173. The van der Waals surface area contributed by atoms with Crippen molar-refractivity contribution in [1.29, 1.82) is 0 Å². The number of aromatic nitrogens is 2. The third kappa shape index (κ3) is 3.06. The summed E-state index contributed by atoms with van der Waals surface area (Å²) in [4.78, 5) is 13.8. The Morgan fingerprint density at radius 3 is 3.05 bits per heavy atom. The summed E-state index contributed by atoms with van der Waals surface area (Å²) in [5.41, 5.74) is 2.35. The lowest BCUT2D eigenvalue weighted by molar-refractivity contribution is -0.116. The fourth-order valence-electron chi connectivity index (χ4n) is 2.30. The molecule has 21 heavy (non-hydrogen) atoms. The molecule has 0 fully saturated rings. The molecule has 4 nitrogen and oxygen atoms in total. The summed E-state index contributed by atoms with van der Waals surface area (Å²) < 4.78 is 27.9. The number of thioether (sulfide) groups is 1. The van der Waals surface area contributed by atoms with Crippen LogP contribution in [0.25, 0.3) is 0 Å². The molecule has 1 aliphatic heterocycles. The van der Waals surface area contributed by atoms with E-state index >= 15 is 0 Å². The van der Waals surface area contributed by atoms with Gasteiger partial charge in [0.15, 0.2) is 4.34 Å². The molecular weight excluding hydrogens is 316 g/mol. The maximum absolute atomic E-state index is 13.8. The lowest BCUT2D eigenvalue weighted by Gasteiger charge is -2.29. The van der Waals surface area contributed by atoms with Crippen molar-refractivity contribution >= 4 is 34.7 Å². The van der Waals surface area contributed by atoms with Crippen LogP contribution < -0.4 is 4.90 Å². The molecule has 0 atom stereocenters. The lowest BCUT2D eigenvalue weighted by Crippen LogP contribution is -2.37. The highest BCUT2D eigenvalue weighted by Crippen LogP contribution is 2.31. The molecule has 1 aromatic carbocycles. The van der Waals surface area contributed by atoms with Crippen LogP contribution in [-0.2, 0) is 11.2 Å². The predicted octanol–water partition coefficient (Wildman–Crippen LogP) is 2.89. The van der Waals surface area contributed by atoms with Crippen LogP contribution in [0.2, 0.25) is 0 Å². The van der Waals surface area contributed by atoms with Crippen molar-refractivity contribution in [2.24, 2.45) is 0 Å². The molecule has 2 aromatic rings. The van der Waals surface area contributed by atoms with E-state index in [0.29, 0.717) is 35.0 Å².